The highest BCUT2D eigenvalue weighted by molar-refractivity contribution is 7.98. The van der Waals surface area contributed by atoms with Crippen molar-refractivity contribution in [2.45, 2.75) is 44.3 Å². The molecule has 7 nitrogen and oxygen atoms in total. The fourth-order valence-corrected chi connectivity index (χ4v) is 1.98. The second-order valence-corrected chi connectivity index (χ2v) is 5.78. The number of thioether (sulfide) groups is 1. The van der Waals surface area contributed by atoms with E-state index in [4.69, 9.17) is 5.11 Å². The van der Waals surface area contributed by atoms with Crippen LogP contribution in [-0.4, -0.2) is 53.1 Å². The van der Waals surface area contributed by atoms with E-state index in [1.807, 2.05) is 6.26 Å². The average Bonchev–Trinajstić information content (AvgIpc) is 3.17. The summed E-state index contributed by atoms with van der Waals surface area (Å²) in [5.74, 6) is -0.697. The summed E-state index contributed by atoms with van der Waals surface area (Å²) in [5.41, 5.74) is 0. The molecule has 20 heavy (non-hydrogen) atoms. The van der Waals surface area contributed by atoms with Crippen LogP contribution in [0.15, 0.2) is 0 Å². The molecule has 4 N–H and O–H groups in total. The maximum atomic E-state index is 11.7. The molecule has 0 aromatic carbocycles. The third kappa shape index (κ3) is 6.14. The zero-order chi connectivity index (χ0) is 15.1. The largest absolute Gasteiger partial charge is 0.480 e. The number of amides is 3. The molecule has 1 aliphatic rings. The van der Waals surface area contributed by atoms with Gasteiger partial charge in [-0.3, -0.25) is 4.79 Å². The molecule has 1 aliphatic carbocycles. The van der Waals surface area contributed by atoms with Gasteiger partial charge in [0.1, 0.15) is 12.1 Å². The van der Waals surface area contributed by atoms with Crippen molar-refractivity contribution in [2.24, 2.45) is 0 Å². The van der Waals surface area contributed by atoms with Crippen molar-refractivity contribution in [3.63, 3.8) is 0 Å². The second-order valence-electron chi connectivity index (χ2n) is 4.79. The van der Waals surface area contributed by atoms with E-state index in [1.165, 1.54) is 11.8 Å². The Balaban J connectivity index is 2.35. The standard InChI is InChI=1S/C12H21N3O4S/c1-7(10(16)14-8-3-4-8)13-12(19)15-9(11(17)18)5-6-20-2/h7-9H,3-6H2,1-2H3,(H,14,16)(H,17,18)(H2,13,15,19)/t7?,9-/m0/s1. The molecule has 0 bridgehead atoms. The van der Waals surface area contributed by atoms with E-state index in [0.29, 0.717) is 12.2 Å². The van der Waals surface area contributed by atoms with Crippen molar-refractivity contribution in [3.8, 4) is 0 Å². The first-order valence-corrected chi connectivity index (χ1v) is 7.92. The van der Waals surface area contributed by atoms with Crippen LogP contribution in [-0.2, 0) is 9.59 Å². The Kier molecular flexibility index (Phi) is 6.63. The van der Waals surface area contributed by atoms with Crippen molar-refractivity contribution in [3.05, 3.63) is 0 Å². The molecular formula is C12H21N3O4S. The normalized spacial score (nSPS) is 16.9. The SMILES string of the molecule is CSCC[C@H](NC(=O)NC(C)C(=O)NC1CC1)C(=O)O. The highest BCUT2D eigenvalue weighted by Gasteiger charge is 2.27. The zero-order valence-corrected chi connectivity index (χ0v) is 12.5. The molecular weight excluding hydrogens is 282 g/mol. The van der Waals surface area contributed by atoms with Gasteiger partial charge >= 0.3 is 12.0 Å². The predicted octanol–water partition coefficient (Wildman–Crippen LogP) is 0.159. The third-order valence-corrected chi connectivity index (χ3v) is 3.52. The highest BCUT2D eigenvalue weighted by atomic mass is 32.2. The van der Waals surface area contributed by atoms with E-state index in [2.05, 4.69) is 16.0 Å². The molecule has 0 heterocycles. The van der Waals surface area contributed by atoms with Crippen LogP contribution in [0.1, 0.15) is 26.2 Å². The summed E-state index contributed by atoms with van der Waals surface area (Å²) in [6, 6.07) is -2.05. The third-order valence-electron chi connectivity index (χ3n) is 2.88. The molecule has 0 radical (unpaired) electrons. The average molecular weight is 303 g/mol. The minimum Gasteiger partial charge on any atom is -0.480 e. The fraction of sp³-hybridized carbons (Fsp3) is 0.750. The van der Waals surface area contributed by atoms with E-state index in [9.17, 15) is 14.4 Å². The van der Waals surface area contributed by atoms with Crippen molar-refractivity contribution >= 4 is 29.7 Å². The van der Waals surface area contributed by atoms with Crippen LogP contribution in [0.4, 0.5) is 4.79 Å². The van der Waals surface area contributed by atoms with Gasteiger partial charge in [0.05, 0.1) is 0 Å². The van der Waals surface area contributed by atoms with Gasteiger partial charge in [0, 0.05) is 6.04 Å². The van der Waals surface area contributed by atoms with Gasteiger partial charge in [-0.25, -0.2) is 9.59 Å². The van der Waals surface area contributed by atoms with Crippen LogP contribution in [0.3, 0.4) is 0 Å². The summed E-state index contributed by atoms with van der Waals surface area (Å²) in [4.78, 5) is 34.3. The van der Waals surface area contributed by atoms with Crippen molar-refractivity contribution < 1.29 is 19.5 Å². The van der Waals surface area contributed by atoms with Gasteiger partial charge in [0.25, 0.3) is 0 Å². The number of nitrogens with one attached hydrogen (secondary N) is 3. The lowest BCUT2D eigenvalue weighted by molar-refractivity contribution is -0.139. The van der Waals surface area contributed by atoms with Gasteiger partial charge in [-0.15, -0.1) is 0 Å². The number of hydrogen-bond acceptors (Lipinski definition) is 4. The van der Waals surface area contributed by atoms with Crippen LogP contribution in [0.2, 0.25) is 0 Å². The van der Waals surface area contributed by atoms with E-state index in [1.54, 1.807) is 6.92 Å². The topological polar surface area (TPSA) is 108 Å². The van der Waals surface area contributed by atoms with Gasteiger partial charge in [0.2, 0.25) is 5.91 Å². The van der Waals surface area contributed by atoms with Gasteiger partial charge in [-0.1, -0.05) is 0 Å². The van der Waals surface area contributed by atoms with Crippen LogP contribution in [0.25, 0.3) is 0 Å². The lowest BCUT2D eigenvalue weighted by Crippen LogP contribution is -2.52. The number of hydrogen-bond donors (Lipinski definition) is 4. The first-order valence-electron chi connectivity index (χ1n) is 6.53. The van der Waals surface area contributed by atoms with E-state index < -0.39 is 24.1 Å². The monoisotopic (exact) mass is 303 g/mol. The molecule has 1 rings (SSSR count). The highest BCUT2D eigenvalue weighted by Crippen LogP contribution is 2.18. The number of rotatable bonds is 8. The quantitative estimate of drug-likeness (QED) is 0.511. The zero-order valence-electron chi connectivity index (χ0n) is 11.6. The lowest BCUT2D eigenvalue weighted by Gasteiger charge is -2.18. The van der Waals surface area contributed by atoms with Crippen LogP contribution in [0.5, 0.6) is 0 Å². The summed E-state index contributed by atoms with van der Waals surface area (Å²) < 4.78 is 0. The van der Waals surface area contributed by atoms with Gasteiger partial charge in [-0.05, 0) is 38.2 Å². The smallest absolute Gasteiger partial charge is 0.326 e. The Bertz CT molecular complexity index is 374. The first kappa shape index (κ1) is 16.6. The van der Waals surface area contributed by atoms with Gasteiger partial charge in [0.15, 0.2) is 0 Å². The maximum absolute atomic E-state index is 11.7. The van der Waals surface area contributed by atoms with Crippen molar-refractivity contribution in [2.75, 3.05) is 12.0 Å². The molecule has 1 saturated carbocycles. The number of carboxylic acids is 1. The summed E-state index contributed by atoms with van der Waals surface area (Å²) in [6.07, 6.45) is 4.15. The molecule has 0 aromatic heterocycles. The van der Waals surface area contributed by atoms with E-state index >= 15 is 0 Å². The van der Waals surface area contributed by atoms with E-state index in [-0.39, 0.29) is 11.9 Å². The lowest BCUT2D eigenvalue weighted by atomic mass is 10.2. The molecule has 8 heteroatoms. The Morgan fingerprint density at radius 3 is 2.45 bits per heavy atom. The molecule has 0 aliphatic heterocycles. The Morgan fingerprint density at radius 1 is 1.30 bits per heavy atom. The Labute approximate surface area is 122 Å². The van der Waals surface area contributed by atoms with Gasteiger partial charge in [-0.2, -0.15) is 11.8 Å². The second kappa shape index (κ2) is 7.98. The summed E-state index contributed by atoms with van der Waals surface area (Å²) in [6.45, 7) is 1.56. The summed E-state index contributed by atoms with van der Waals surface area (Å²) in [5, 5.41) is 16.6. The number of urea groups is 1. The Morgan fingerprint density at radius 2 is 1.95 bits per heavy atom. The summed E-state index contributed by atoms with van der Waals surface area (Å²) >= 11 is 1.51. The van der Waals surface area contributed by atoms with Crippen LogP contribution in [0, 0.1) is 0 Å². The molecule has 0 saturated heterocycles. The first-order chi connectivity index (χ1) is 9.43. The molecule has 1 unspecified atom stereocenters. The predicted molar refractivity (Wildman–Crippen MR) is 76.7 cm³/mol. The van der Waals surface area contributed by atoms with Crippen LogP contribution >= 0.6 is 11.8 Å². The maximum Gasteiger partial charge on any atom is 0.326 e. The van der Waals surface area contributed by atoms with Crippen LogP contribution < -0.4 is 16.0 Å². The fourth-order valence-electron chi connectivity index (χ4n) is 1.51. The molecule has 0 aromatic rings. The van der Waals surface area contributed by atoms with E-state index in [0.717, 1.165) is 12.8 Å². The number of aliphatic carboxylic acids is 1. The molecule has 1 fully saturated rings. The summed E-state index contributed by atoms with van der Waals surface area (Å²) in [7, 11) is 0. The van der Waals surface area contributed by atoms with Gasteiger partial charge < -0.3 is 21.1 Å². The minimum atomic E-state index is -1.08. The number of carbonyl (C=O) groups is 3. The number of carboxylic acid groups (broad SMARTS) is 1. The minimum absolute atomic E-state index is 0.225. The Hall–Kier alpha value is -1.44. The molecule has 3 amide bonds. The number of carbonyl (C=O) groups excluding carboxylic acids is 2. The molecule has 0 spiro atoms. The molecule has 114 valence electrons. The van der Waals surface area contributed by atoms with Crippen molar-refractivity contribution in [1.29, 1.82) is 0 Å². The molecule has 2 atom stereocenters. The van der Waals surface area contributed by atoms with Crippen molar-refractivity contribution in [1.82, 2.24) is 16.0 Å².